The van der Waals surface area contributed by atoms with E-state index in [2.05, 4.69) is 0 Å². The summed E-state index contributed by atoms with van der Waals surface area (Å²) in [7, 11) is 0. The molecule has 1 unspecified atom stereocenters. The zero-order chi connectivity index (χ0) is 21.3. The number of benzene rings is 3. The van der Waals surface area contributed by atoms with Gasteiger partial charge >= 0.3 is 0 Å². The normalized spacial score (nSPS) is 23.1. The van der Waals surface area contributed by atoms with Gasteiger partial charge in [0.15, 0.2) is 0 Å². The first-order valence-corrected chi connectivity index (χ1v) is 10.5. The van der Waals surface area contributed by atoms with Gasteiger partial charge in [0.1, 0.15) is 18.3 Å². The van der Waals surface area contributed by atoms with Gasteiger partial charge in [0, 0.05) is 0 Å². The van der Waals surface area contributed by atoms with E-state index >= 15 is 0 Å². The SMILES string of the molecule is FC1O[C@H](COCc2ccccc2)[C@H](OCc2ccccc2)[C@H]1OCc1ccccc1. The predicted octanol–water partition coefficient (Wildman–Crippen LogP) is 5.07. The second kappa shape index (κ2) is 11.2. The fraction of sp³-hybridized carbons (Fsp3) is 0.308. The van der Waals surface area contributed by atoms with Gasteiger partial charge in [-0.05, 0) is 16.7 Å². The summed E-state index contributed by atoms with van der Waals surface area (Å²) in [5, 5.41) is 0. The maximum absolute atomic E-state index is 14.8. The Hall–Kier alpha value is -2.57. The molecule has 0 amide bonds. The van der Waals surface area contributed by atoms with E-state index in [4.69, 9.17) is 18.9 Å². The highest BCUT2D eigenvalue weighted by atomic mass is 19.1. The van der Waals surface area contributed by atoms with Crippen molar-refractivity contribution in [3.63, 3.8) is 0 Å². The van der Waals surface area contributed by atoms with Crippen LogP contribution < -0.4 is 0 Å². The average molecular weight is 422 g/mol. The van der Waals surface area contributed by atoms with Crippen LogP contribution in [-0.2, 0) is 38.8 Å². The van der Waals surface area contributed by atoms with Crippen LogP contribution in [-0.4, -0.2) is 31.3 Å². The highest BCUT2D eigenvalue weighted by Gasteiger charge is 2.47. The first kappa shape index (κ1) is 21.7. The Kier molecular flexibility index (Phi) is 7.80. The molecule has 4 nitrogen and oxygen atoms in total. The molecule has 0 aromatic heterocycles. The smallest absolute Gasteiger partial charge is 0.228 e. The monoisotopic (exact) mass is 422 g/mol. The molecule has 1 heterocycles. The Morgan fingerprint density at radius 3 is 1.58 bits per heavy atom. The molecule has 0 N–H and O–H groups in total. The molecule has 1 aliphatic heterocycles. The van der Waals surface area contributed by atoms with Crippen LogP contribution in [0.2, 0.25) is 0 Å². The molecule has 0 bridgehead atoms. The number of hydrogen-bond donors (Lipinski definition) is 0. The summed E-state index contributed by atoms with van der Waals surface area (Å²) in [5.74, 6) is 0. The maximum Gasteiger partial charge on any atom is 0.228 e. The molecule has 0 aliphatic carbocycles. The molecular formula is C26H27FO4. The van der Waals surface area contributed by atoms with E-state index in [0.717, 1.165) is 16.7 Å². The molecule has 1 saturated heterocycles. The first-order valence-electron chi connectivity index (χ1n) is 10.5. The van der Waals surface area contributed by atoms with Gasteiger partial charge < -0.3 is 18.9 Å². The summed E-state index contributed by atoms with van der Waals surface area (Å²) in [6.45, 7) is 1.29. The summed E-state index contributed by atoms with van der Waals surface area (Å²) in [4.78, 5) is 0. The van der Waals surface area contributed by atoms with Crippen molar-refractivity contribution in [3.05, 3.63) is 108 Å². The fourth-order valence-electron chi connectivity index (χ4n) is 3.59. The number of halogens is 1. The van der Waals surface area contributed by atoms with Gasteiger partial charge in [-0.3, -0.25) is 0 Å². The highest BCUT2D eigenvalue weighted by Crippen LogP contribution is 2.29. The van der Waals surface area contributed by atoms with E-state index in [1.807, 2.05) is 91.0 Å². The van der Waals surface area contributed by atoms with Crippen LogP contribution in [0.4, 0.5) is 4.39 Å². The Morgan fingerprint density at radius 2 is 1.06 bits per heavy atom. The summed E-state index contributed by atoms with van der Waals surface area (Å²) in [6.07, 6.45) is -3.53. The molecular weight excluding hydrogens is 395 g/mol. The van der Waals surface area contributed by atoms with Crippen LogP contribution >= 0.6 is 0 Å². The number of rotatable bonds is 10. The van der Waals surface area contributed by atoms with E-state index in [0.29, 0.717) is 13.2 Å². The Balaban J connectivity index is 1.39. The third kappa shape index (κ3) is 6.21. The van der Waals surface area contributed by atoms with Crippen LogP contribution in [0.25, 0.3) is 0 Å². The molecule has 0 saturated carbocycles. The van der Waals surface area contributed by atoms with E-state index in [9.17, 15) is 4.39 Å². The third-order valence-corrected chi connectivity index (χ3v) is 5.22. The molecule has 5 heteroatoms. The Bertz CT molecular complexity index is 891. The fourth-order valence-corrected chi connectivity index (χ4v) is 3.59. The first-order chi connectivity index (χ1) is 15.3. The van der Waals surface area contributed by atoms with Gasteiger partial charge in [0.05, 0.1) is 26.4 Å². The van der Waals surface area contributed by atoms with Gasteiger partial charge in [-0.15, -0.1) is 0 Å². The van der Waals surface area contributed by atoms with Crippen molar-refractivity contribution in [1.82, 2.24) is 0 Å². The summed E-state index contributed by atoms with van der Waals surface area (Å²) in [6, 6.07) is 29.4. The van der Waals surface area contributed by atoms with Gasteiger partial charge in [-0.2, -0.15) is 0 Å². The van der Waals surface area contributed by atoms with Crippen LogP contribution in [0.1, 0.15) is 16.7 Å². The average Bonchev–Trinajstić information content (AvgIpc) is 3.12. The van der Waals surface area contributed by atoms with Gasteiger partial charge in [0.2, 0.25) is 6.36 Å². The van der Waals surface area contributed by atoms with Crippen molar-refractivity contribution in [1.29, 1.82) is 0 Å². The zero-order valence-electron chi connectivity index (χ0n) is 17.3. The minimum atomic E-state index is -1.57. The molecule has 0 spiro atoms. The molecule has 0 radical (unpaired) electrons. The minimum absolute atomic E-state index is 0.222. The number of hydrogen-bond acceptors (Lipinski definition) is 4. The van der Waals surface area contributed by atoms with Crippen molar-refractivity contribution in [3.8, 4) is 0 Å². The lowest BCUT2D eigenvalue weighted by Crippen LogP contribution is -2.38. The van der Waals surface area contributed by atoms with Gasteiger partial charge in [-0.1, -0.05) is 91.0 Å². The summed E-state index contributed by atoms with van der Waals surface area (Å²) >= 11 is 0. The van der Waals surface area contributed by atoms with Crippen molar-refractivity contribution < 1.29 is 23.3 Å². The topological polar surface area (TPSA) is 36.9 Å². The molecule has 1 fully saturated rings. The highest BCUT2D eigenvalue weighted by molar-refractivity contribution is 5.15. The summed E-state index contributed by atoms with van der Waals surface area (Å²) in [5.41, 5.74) is 3.03. The summed E-state index contributed by atoms with van der Waals surface area (Å²) < 4.78 is 38.2. The zero-order valence-corrected chi connectivity index (χ0v) is 17.3. The van der Waals surface area contributed by atoms with Crippen LogP contribution in [0.5, 0.6) is 0 Å². The Morgan fingerprint density at radius 1 is 0.613 bits per heavy atom. The van der Waals surface area contributed by atoms with E-state index in [1.165, 1.54) is 0 Å². The van der Waals surface area contributed by atoms with E-state index < -0.39 is 24.7 Å². The van der Waals surface area contributed by atoms with Crippen LogP contribution in [0.3, 0.4) is 0 Å². The maximum atomic E-state index is 14.8. The Labute approximate surface area is 182 Å². The van der Waals surface area contributed by atoms with Crippen molar-refractivity contribution >= 4 is 0 Å². The lowest BCUT2D eigenvalue weighted by Gasteiger charge is -2.23. The van der Waals surface area contributed by atoms with Crippen molar-refractivity contribution in [2.75, 3.05) is 6.61 Å². The lowest BCUT2D eigenvalue weighted by atomic mass is 10.1. The van der Waals surface area contributed by atoms with Crippen LogP contribution in [0, 0.1) is 0 Å². The molecule has 4 atom stereocenters. The molecule has 3 aromatic carbocycles. The largest absolute Gasteiger partial charge is 0.374 e. The van der Waals surface area contributed by atoms with Gasteiger partial charge in [-0.25, -0.2) is 4.39 Å². The van der Waals surface area contributed by atoms with Crippen molar-refractivity contribution in [2.45, 2.75) is 44.5 Å². The minimum Gasteiger partial charge on any atom is -0.374 e. The number of ether oxygens (including phenoxy) is 4. The standard InChI is InChI=1S/C26H27FO4/c27-26-25(30-18-22-14-8-3-9-15-22)24(29-17-21-12-6-2-7-13-21)23(31-26)19-28-16-20-10-4-1-5-11-20/h1-15,23-26H,16-19H2/t23-,24+,25-,26?/m1/s1. The molecule has 31 heavy (non-hydrogen) atoms. The quantitative estimate of drug-likeness (QED) is 0.457. The van der Waals surface area contributed by atoms with E-state index in [1.54, 1.807) is 0 Å². The lowest BCUT2D eigenvalue weighted by molar-refractivity contribution is -0.110. The second-order valence-electron chi connectivity index (χ2n) is 7.55. The molecule has 4 rings (SSSR count). The molecule has 162 valence electrons. The third-order valence-electron chi connectivity index (χ3n) is 5.22. The van der Waals surface area contributed by atoms with E-state index in [-0.39, 0.29) is 13.2 Å². The second-order valence-corrected chi connectivity index (χ2v) is 7.55. The molecule has 1 aliphatic rings. The van der Waals surface area contributed by atoms with Gasteiger partial charge in [0.25, 0.3) is 0 Å². The van der Waals surface area contributed by atoms with Crippen LogP contribution in [0.15, 0.2) is 91.0 Å². The molecule has 3 aromatic rings. The predicted molar refractivity (Wildman–Crippen MR) is 116 cm³/mol. The van der Waals surface area contributed by atoms with Crippen molar-refractivity contribution in [2.24, 2.45) is 0 Å². The number of alkyl halides is 1.